The van der Waals surface area contributed by atoms with Gasteiger partial charge < -0.3 is 10.1 Å². The number of nitro benzene ring substituents is 1. The Morgan fingerprint density at radius 3 is 2.41 bits per heavy atom. The van der Waals surface area contributed by atoms with Crippen LogP contribution in [-0.4, -0.2) is 31.8 Å². The van der Waals surface area contributed by atoms with E-state index in [1.165, 1.54) is 24.3 Å². The number of non-ortho nitro benzene ring substituents is 1. The predicted octanol–water partition coefficient (Wildman–Crippen LogP) is 4.68. The third-order valence-corrected chi connectivity index (χ3v) is 7.02. The summed E-state index contributed by atoms with van der Waals surface area (Å²) in [6, 6.07) is 6.02. The van der Waals surface area contributed by atoms with Crippen LogP contribution >= 0.6 is 34.8 Å². The van der Waals surface area contributed by atoms with Gasteiger partial charge >= 0.3 is 0 Å². The summed E-state index contributed by atoms with van der Waals surface area (Å²) in [5, 5.41) is 13.4. The van der Waals surface area contributed by atoms with Crippen LogP contribution in [0, 0.1) is 10.1 Å². The van der Waals surface area contributed by atoms with Gasteiger partial charge in [0.2, 0.25) is 15.9 Å². The van der Waals surface area contributed by atoms with Crippen LogP contribution in [0.2, 0.25) is 15.1 Å². The molecule has 32 heavy (non-hydrogen) atoms. The number of sulfonamides is 1. The molecule has 1 fully saturated rings. The van der Waals surface area contributed by atoms with E-state index in [-0.39, 0.29) is 55.6 Å². The van der Waals surface area contributed by atoms with E-state index in [9.17, 15) is 23.3 Å². The fourth-order valence-corrected chi connectivity index (χ4v) is 5.15. The zero-order valence-electron chi connectivity index (χ0n) is 16.4. The van der Waals surface area contributed by atoms with E-state index in [0.717, 1.165) is 12.5 Å². The van der Waals surface area contributed by atoms with Gasteiger partial charge in [0.1, 0.15) is 5.75 Å². The molecule has 0 radical (unpaired) electrons. The molecule has 2 N–H and O–H groups in total. The van der Waals surface area contributed by atoms with Crippen molar-refractivity contribution in [2.75, 3.05) is 6.54 Å². The first kappa shape index (κ1) is 24.5. The second-order valence-corrected chi connectivity index (χ2v) is 10.0. The quantitative estimate of drug-likeness (QED) is 0.279. The number of amides is 1. The number of halogens is 3. The highest BCUT2D eigenvalue weighted by Gasteiger charge is 2.22. The van der Waals surface area contributed by atoms with Crippen molar-refractivity contribution in [1.82, 2.24) is 10.0 Å². The van der Waals surface area contributed by atoms with E-state index in [1.807, 2.05) is 0 Å². The molecular formula is C19H18Cl3N3O6S. The number of benzene rings is 2. The minimum absolute atomic E-state index is 0.0113. The van der Waals surface area contributed by atoms with Gasteiger partial charge in [0.25, 0.3) is 5.69 Å². The second kappa shape index (κ2) is 10.2. The van der Waals surface area contributed by atoms with Gasteiger partial charge in [-0.2, -0.15) is 0 Å². The van der Waals surface area contributed by atoms with Crippen molar-refractivity contribution in [2.24, 2.45) is 0 Å². The number of hydrogen-bond donors (Lipinski definition) is 2. The Bertz CT molecular complexity index is 1140. The van der Waals surface area contributed by atoms with Gasteiger partial charge in [-0.05, 0) is 37.5 Å². The number of carbonyl (C=O) groups excluding carboxylic acids is 1. The molecule has 3 rings (SSSR count). The molecule has 0 saturated carbocycles. The zero-order chi connectivity index (χ0) is 23.5. The molecule has 1 saturated heterocycles. The third kappa shape index (κ3) is 6.02. The maximum absolute atomic E-state index is 12.6. The van der Waals surface area contributed by atoms with Crippen LogP contribution in [-0.2, 0) is 14.8 Å². The molecule has 13 heteroatoms. The van der Waals surface area contributed by atoms with Crippen LogP contribution < -0.4 is 14.8 Å². The molecular weight excluding hydrogens is 505 g/mol. The van der Waals surface area contributed by atoms with Crippen LogP contribution in [0.3, 0.4) is 0 Å². The van der Waals surface area contributed by atoms with E-state index < -0.39 is 14.9 Å². The molecule has 0 bridgehead atoms. The minimum Gasteiger partial charge on any atom is -0.453 e. The van der Waals surface area contributed by atoms with E-state index >= 15 is 0 Å². The van der Waals surface area contributed by atoms with Crippen LogP contribution in [0.15, 0.2) is 35.2 Å². The summed E-state index contributed by atoms with van der Waals surface area (Å²) in [5.74, 6) is 0.0333. The lowest BCUT2D eigenvalue weighted by Gasteiger charge is -2.14. The first-order valence-electron chi connectivity index (χ1n) is 9.46. The standard InChI is InChI=1S/C19H18Cl3N3O6S/c20-14-8-12(25(27)28)4-5-17(14)31-19-15(21)9-13(10-16(19)22)32(29,30)23-7-1-2-11-3-6-18(26)24-11/h4-5,8-11,23H,1-3,6-7H2,(H,24,26). The van der Waals surface area contributed by atoms with Crippen molar-refractivity contribution in [3.05, 3.63) is 55.5 Å². The molecule has 9 nitrogen and oxygen atoms in total. The maximum atomic E-state index is 12.6. The smallest absolute Gasteiger partial charge is 0.271 e. The monoisotopic (exact) mass is 521 g/mol. The summed E-state index contributed by atoms with van der Waals surface area (Å²) >= 11 is 18.4. The maximum Gasteiger partial charge on any atom is 0.271 e. The fourth-order valence-electron chi connectivity index (χ4n) is 3.12. The lowest BCUT2D eigenvalue weighted by molar-refractivity contribution is -0.384. The van der Waals surface area contributed by atoms with Gasteiger partial charge in [-0.1, -0.05) is 34.8 Å². The van der Waals surface area contributed by atoms with Crippen molar-refractivity contribution >= 4 is 56.4 Å². The highest BCUT2D eigenvalue weighted by molar-refractivity contribution is 7.89. The average molecular weight is 523 g/mol. The van der Waals surface area contributed by atoms with Crippen molar-refractivity contribution in [1.29, 1.82) is 0 Å². The van der Waals surface area contributed by atoms with Crippen molar-refractivity contribution in [2.45, 2.75) is 36.6 Å². The summed E-state index contributed by atoms with van der Waals surface area (Å²) in [6.07, 6.45) is 2.45. The Morgan fingerprint density at radius 2 is 1.84 bits per heavy atom. The van der Waals surface area contributed by atoms with Gasteiger partial charge in [-0.15, -0.1) is 0 Å². The Labute approximate surface area is 199 Å². The molecule has 2 aromatic rings. The van der Waals surface area contributed by atoms with Gasteiger partial charge in [0, 0.05) is 31.1 Å². The molecule has 0 aliphatic carbocycles. The largest absolute Gasteiger partial charge is 0.453 e. The topological polar surface area (TPSA) is 128 Å². The normalized spacial score (nSPS) is 16.1. The predicted molar refractivity (Wildman–Crippen MR) is 120 cm³/mol. The SMILES string of the molecule is O=C1CCC(CCCNS(=O)(=O)c2cc(Cl)c(Oc3ccc([N+](=O)[O-])cc3Cl)c(Cl)c2)N1. The van der Waals surface area contributed by atoms with Gasteiger partial charge in [-0.3, -0.25) is 14.9 Å². The van der Waals surface area contributed by atoms with E-state index in [4.69, 9.17) is 39.5 Å². The number of hydrogen-bond acceptors (Lipinski definition) is 6. The highest BCUT2D eigenvalue weighted by Crippen LogP contribution is 2.41. The molecule has 1 aliphatic heterocycles. The van der Waals surface area contributed by atoms with E-state index in [0.29, 0.717) is 19.3 Å². The van der Waals surface area contributed by atoms with E-state index in [2.05, 4.69) is 10.0 Å². The lowest BCUT2D eigenvalue weighted by Crippen LogP contribution is -2.28. The molecule has 0 spiro atoms. The summed E-state index contributed by atoms with van der Waals surface area (Å²) in [7, 11) is -3.89. The summed E-state index contributed by atoms with van der Waals surface area (Å²) in [6.45, 7) is 0.181. The van der Waals surface area contributed by atoms with E-state index in [1.54, 1.807) is 0 Å². The number of rotatable bonds is 9. The number of nitrogens with one attached hydrogen (secondary N) is 2. The second-order valence-electron chi connectivity index (χ2n) is 7.03. The van der Waals surface area contributed by atoms with Gasteiger partial charge in [-0.25, -0.2) is 13.1 Å². The Balaban J connectivity index is 1.67. The van der Waals surface area contributed by atoms with Crippen LogP contribution in [0.25, 0.3) is 0 Å². The Morgan fingerprint density at radius 1 is 1.16 bits per heavy atom. The molecule has 172 valence electrons. The first-order chi connectivity index (χ1) is 15.1. The van der Waals surface area contributed by atoms with Gasteiger partial charge in [0.05, 0.1) is 24.9 Å². The zero-order valence-corrected chi connectivity index (χ0v) is 19.5. The molecule has 1 unspecified atom stereocenters. The molecule has 1 heterocycles. The number of nitrogens with zero attached hydrogens (tertiary/aromatic N) is 1. The van der Waals surface area contributed by atoms with Crippen molar-refractivity contribution < 1.29 is 22.9 Å². The van der Waals surface area contributed by atoms with Crippen molar-refractivity contribution in [3.63, 3.8) is 0 Å². The molecule has 1 atom stereocenters. The summed E-state index contributed by atoms with van der Waals surface area (Å²) < 4.78 is 33.2. The highest BCUT2D eigenvalue weighted by atomic mass is 35.5. The molecule has 0 aromatic heterocycles. The Kier molecular flexibility index (Phi) is 7.84. The fraction of sp³-hybridized carbons (Fsp3) is 0.316. The minimum atomic E-state index is -3.89. The van der Waals surface area contributed by atoms with Crippen molar-refractivity contribution in [3.8, 4) is 11.5 Å². The third-order valence-electron chi connectivity index (χ3n) is 4.73. The van der Waals surface area contributed by atoms with Gasteiger partial charge in [0.15, 0.2) is 5.75 Å². The molecule has 2 aromatic carbocycles. The molecule has 1 amide bonds. The summed E-state index contributed by atoms with van der Waals surface area (Å²) in [4.78, 5) is 21.3. The van der Waals surface area contributed by atoms with Crippen LogP contribution in [0.4, 0.5) is 5.69 Å². The lowest BCUT2D eigenvalue weighted by atomic mass is 10.1. The number of ether oxygens (including phenoxy) is 1. The number of nitro groups is 1. The first-order valence-corrected chi connectivity index (χ1v) is 12.1. The Hall–Kier alpha value is -2.11. The molecule has 1 aliphatic rings. The summed E-state index contributed by atoms with van der Waals surface area (Å²) in [5.41, 5.74) is -0.220. The van der Waals surface area contributed by atoms with Crippen LogP contribution in [0.1, 0.15) is 25.7 Å². The number of carbonyl (C=O) groups is 1. The average Bonchev–Trinajstić information content (AvgIpc) is 3.13. The van der Waals surface area contributed by atoms with Crippen LogP contribution in [0.5, 0.6) is 11.5 Å².